The van der Waals surface area contributed by atoms with Gasteiger partial charge >= 0.3 is 0 Å². The van der Waals surface area contributed by atoms with Gasteiger partial charge in [0.15, 0.2) is 4.34 Å². The number of carbonyl (C=O) groups excluding carboxylic acids is 1. The highest BCUT2D eigenvalue weighted by molar-refractivity contribution is 8.01. The van der Waals surface area contributed by atoms with Gasteiger partial charge in [0.05, 0.1) is 5.75 Å². The van der Waals surface area contributed by atoms with Gasteiger partial charge < -0.3 is 5.32 Å². The number of fused-ring (bicyclic) bond motifs is 1. The summed E-state index contributed by atoms with van der Waals surface area (Å²) < 4.78 is 1.78. The van der Waals surface area contributed by atoms with Crippen molar-refractivity contribution in [1.82, 2.24) is 19.8 Å². The average Bonchev–Trinajstić information content (AvgIpc) is 2.97. The molecule has 1 aromatic carbocycles. The number of aryl methyl sites for hydroxylation is 1. The second-order valence-electron chi connectivity index (χ2n) is 4.90. The largest absolute Gasteiger partial charge is 0.325 e. The van der Waals surface area contributed by atoms with Crippen LogP contribution < -0.4 is 10.9 Å². The number of nitrogens with zero attached hydrogens (tertiary/aromatic N) is 4. The Bertz CT molecular complexity index is 985. The standard InChI is InChI=1S/C14H12ClN5O2S2/c1-7-9(15)4-3-5-10(7)16-11(21)6-23-14-19-20-12(22)8(2)17-18-13(20)24-14/h3-5H,6H2,1-2H3,(H,16,21). The topological polar surface area (TPSA) is 89.3 Å². The molecule has 3 aromatic rings. The monoisotopic (exact) mass is 381 g/mol. The van der Waals surface area contributed by atoms with Crippen molar-refractivity contribution >= 4 is 51.3 Å². The molecule has 24 heavy (non-hydrogen) atoms. The maximum Gasteiger partial charge on any atom is 0.296 e. The molecule has 7 nitrogen and oxygen atoms in total. The first-order valence-corrected chi connectivity index (χ1v) is 9.04. The van der Waals surface area contributed by atoms with Crippen LogP contribution in [0.5, 0.6) is 0 Å². The number of halogens is 1. The van der Waals surface area contributed by atoms with Crippen molar-refractivity contribution in [1.29, 1.82) is 0 Å². The van der Waals surface area contributed by atoms with Crippen LogP contribution in [0.25, 0.3) is 4.96 Å². The smallest absolute Gasteiger partial charge is 0.296 e. The van der Waals surface area contributed by atoms with E-state index in [2.05, 4.69) is 20.6 Å². The highest BCUT2D eigenvalue weighted by Crippen LogP contribution is 2.25. The second kappa shape index (κ2) is 6.88. The number of carbonyl (C=O) groups is 1. The van der Waals surface area contributed by atoms with E-state index in [-0.39, 0.29) is 22.9 Å². The third-order valence-electron chi connectivity index (χ3n) is 3.20. The Balaban J connectivity index is 1.69. The Kier molecular flexibility index (Phi) is 4.83. The van der Waals surface area contributed by atoms with E-state index < -0.39 is 0 Å². The van der Waals surface area contributed by atoms with E-state index in [1.165, 1.54) is 27.6 Å². The fraction of sp³-hybridized carbons (Fsp3) is 0.214. The molecule has 0 saturated carbocycles. The molecule has 0 unspecified atom stereocenters. The molecule has 10 heteroatoms. The van der Waals surface area contributed by atoms with Gasteiger partial charge in [0.25, 0.3) is 5.56 Å². The van der Waals surface area contributed by atoms with Crippen LogP contribution in [-0.2, 0) is 4.79 Å². The molecule has 2 aromatic heterocycles. The van der Waals surface area contributed by atoms with Crippen LogP contribution in [-0.4, -0.2) is 31.5 Å². The number of anilines is 1. The van der Waals surface area contributed by atoms with Crippen molar-refractivity contribution in [2.45, 2.75) is 18.2 Å². The highest BCUT2D eigenvalue weighted by Gasteiger charge is 2.12. The lowest BCUT2D eigenvalue weighted by molar-refractivity contribution is -0.113. The van der Waals surface area contributed by atoms with Crippen molar-refractivity contribution < 1.29 is 4.79 Å². The summed E-state index contributed by atoms with van der Waals surface area (Å²) in [6, 6.07) is 5.33. The van der Waals surface area contributed by atoms with Gasteiger partial charge in [-0.2, -0.15) is 4.52 Å². The third-order valence-corrected chi connectivity index (χ3v) is 5.64. The van der Waals surface area contributed by atoms with Gasteiger partial charge in [0.1, 0.15) is 5.69 Å². The molecular formula is C14H12ClN5O2S2. The van der Waals surface area contributed by atoms with Crippen LogP contribution in [0.2, 0.25) is 5.02 Å². The molecule has 0 bridgehead atoms. The average molecular weight is 382 g/mol. The van der Waals surface area contributed by atoms with Crippen LogP contribution in [0.1, 0.15) is 11.3 Å². The zero-order chi connectivity index (χ0) is 17.3. The summed E-state index contributed by atoms with van der Waals surface area (Å²) in [7, 11) is 0. The number of thioether (sulfide) groups is 1. The maximum atomic E-state index is 12.1. The van der Waals surface area contributed by atoms with E-state index in [0.29, 0.717) is 20.0 Å². The molecule has 0 fully saturated rings. The highest BCUT2D eigenvalue weighted by atomic mass is 35.5. The van der Waals surface area contributed by atoms with Crippen LogP contribution in [0.15, 0.2) is 27.3 Å². The second-order valence-corrected chi connectivity index (χ2v) is 7.49. The van der Waals surface area contributed by atoms with Crippen LogP contribution in [0.3, 0.4) is 0 Å². The van der Waals surface area contributed by atoms with Crippen molar-refractivity contribution in [2.75, 3.05) is 11.1 Å². The number of hydrogen-bond acceptors (Lipinski definition) is 7. The molecule has 0 aliphatic carbocycles. The number of aromatic nitrogens is 4. The van der Waals surface area contributed by atoms with E-state index in [4.69, 9.17) is 11.6 Å². The summed E-state index contributed by atoms with van der Waals surface area (Å²) in [5.41, 5.74) is 1.47. The Morgan fingerprint density at radius 1 is 1.38 bits per heavy atom. The lowest BCUT2D eigenvalue weighted by atomic mass is 10.2. The summed E-state index contributed by atoms with van der Waals surface area (Å²) in [6.07, 6.45) is 0. The summed E-state index contributed by atoms with van der Waals surface area (Å²) in [5.74, 6) is -0.0216. The van der Waals surface area contributed by atoms with Crippen molar-refractivity contribution in [3.63, 3.8) is 0 Å². The van der Waals surface area contributed by atoms with Gasteiger partial charge in [0, 0.05) is 10.7 Å². The van der Waals surface area contributed by atoms with Gasteiger partial charge in [-0.25, -0.2) is 0 Å². The van der Waals surface area contributed by atoms with Crippen LogP contribution >= 0.6 is 34.7 Å². The molecule has 1 amide bonds. The van der Waals surface area contributed by atoms with E-state index >= 15 is 0 Å². The van der Waals surface area contributed by atoms with Crippen molar-refractivity contribution in [2.24, 2.45) is 0 Å². The Morgan fingerprint density at radius 2 is 2.17 bits per heavy atom. The molecule has 3 rings (SSSR count). The molecule has 0 spiro atoms. The maximum absolute atomic E-state index is 12.1. The molecule has 0 aliphatic rings. The lowest BCUT2D eigenvalue weighted by Gasteiger charge is -2.08. The minimum atomic E-state index is -0.304. The fourth-order valence-corrected chi connectivity index (χ4v) is 3.74. The molecule has 2 heterocycles. The molecule has 0 aliphatic heterocycles. The summed E-state index contributed by atoms with van der Waals surface area (Å²) in [4.78, 5) is 24.4. The Hall–Kier alpha value is -1.97. The van der Waals surface area contributed by atoms with Gasteiger partial charge in [-0.3, -0.25) is 9.59 Å². The van der Waals surface area contributed by atoms with Crippen LogP contribution in [0, 0.1) is 13.8 Å². The molecule has 1 N–H and O–H groups in total. The Morgan fingerprint density at radius 3 is 2.96 bits per heavy atom. The fourth-order valence-electron chi connectivity index (χ4n) is 1.89. The van der Waals surface area contributed by atoms with E-state index in [1.54, 1.807) is 25.1 Å². The minimum Gasteiger partial charge on any atom is -0.325 e. The Labute approximate surface area is 150 Å². The lowest BCUT2D eigenvalue weighted by Crippen LogP contribution is -2.19. The SMILES string of the molecule is Cc1c(Cl)cccc1NC(=O)CSc1nn2c(=O)c(C)nnc2s1. The third kappa shape index (κ3) is 3.42. The van der Waals surface area contributed by atoms with Gasteiger partial charge in [-0.1, -0.05) is 40.8 Å². The molecule has 0 atom stereocenters. The number of rotatable bonds is 4. The predicted octanol–water partition coefficient (Wildman–Crippen LogP) is 2.55. The normalized spacial score (nSPS) is 11.0. The van der Waals surface area contributed by atoms with Gasteiger partial charge in [0.2, 0.25) is 10.9 Å². The summed E-state index contributed by atoms with van der Waals surface area (Å²) in [6.45, 7) is 3.42. The summed E-state index contributed by atoms with van der Waals surface area (Å²) in [5, 5.41) is 15.3. The zero-order valence-electron chi connectivity index (χ0n) is 12.7. The predicted molar refractivity (Wildman–Crippen MR) is 95.2 cm³/mol. The molecule has 0 saturated heterocycles. The molecule has 124 valence electrons. The van der Waals surface area contributed by atoms with Gasteiger partial charge in [-0.15, -0.1) is 15.3 Å². The van der Waals surface area contributed by atoms with Crippen molar-refractivity contribution in [3.8, 4) is 0 Å². The number of hydrogen-bond donors (Lipinski definition) is 1. The summed E-state index contributed by atoms with van der Waals surface area (Å²) >= 11 is 8.48. The first-order chi connectivity index (χ1) is 11.5. The van der Waals surface area contributed by atoms with E-state index in [1.807, 2.05) is 6.92 Å². The number of amides is 1. The molecule has 0 radical (unpaired) electrons. The molecular weight excluding hydrogens is 370 g/mol. The van der Waals surface area contributed by atoms with E-state index in [9.17, 15) is 9.59 Å². The number of benzene rings is 1. The van der Waals surface area contributed by atoms with E-state index in [0.717, 1.165) is 5.56 Å². The zero-order valence-corrected chi connectivity index (χ0v) is 15.1. The number of nitrogens with one attached hydrogen (secondary N) is 1. The van der Waals surface area contributed by atoms with Crippen molar-refractivity contribution in [3.05, 3.63) is 44.8 Å². The quantitative estimate of drug-likeness (QED) is 0.698. The minimum absolute atomic E-state index is 0.160. The van der Waals surface area contributed by atoms with Crippen LogP contribution in [0.4, 0.5) is 5.69 Å². The first-order valence-electron chi connectivity index (χ1n) is 6.86. The first kappa shape index (κ1) is 16.9. The van der Waals surface area contributed by atoms with Gasteiger partial charge in [-0.05, 0) is 31.5 Å².